The maximum atomic E-state index is 12.8. The van der Waals surface area contributed by atoms with E-state index in [1.54, 1.807) is 6.08 Å². The fourth-order valence-corrected chi connectivity index (χ4v) is 4.49. The predicted molar refractivity (Wildman–Crippen MR) is 73.8 cm³/mol. The molecule has 1 saturated carbocycles. The van der Waals surface area contributed by atoms with Gasteiger partial charge in [-0.25, -0.2) is 0 Å². The quantitative estimate of drug-likeness (QED) is 0.662. The summed E-state index contributed by atoms with van der Waals surface area (Å²) in [6, 6.07) is 0. The van der Waals surface area contributed by atoms with E-state index in [4.69, 9.17) is 4.74 Å². The standard InChI is InChI=1S/C16H24O4/c1-10-4-5-12-11(8-10)6-7-16(19)9-20-15(3,18)13(17)14(12,16)2/h6-7,10-12,18-19H,4-5,8-9H2,1-3H3/t10-,11-,12-,14-,15-,16-/m0/s1. The van der Waals surface area contributed by atoms with Crippen LogP contribution in [0.15, 0.2) is 12.2 Å². The highest BCUT2D eigenvalue weighted by molar-refractivity contribution is 5.93. The molecule has 0 unspecified atom stereocenters. The molecule has 1 heterocycles. The Balaban J connectivity index is 2.07. The highest BCUT2D eigenvalue weighted by Crippen LogP contribution is 2.57. The van der Waals surface area contributed by atoms with Gasteiger partial charge in [0.05, 0.1) is 12.0 Å². The van der Waals surface area contributed by atoms with Crippen LogP contribution in [0.2, 0.25) is 0 Å². The van der Waals surface area contributed by atoms with Gasteiger partial charge in [-0.15, -0.1) is 0 Å². The highest BCUT2D eigenvalue weighted by atomic mass is 16.6. The van der Waals surface area contributed by atoms with Crippen molar-refractivity contribution in [3.05, 3.63) is 12.2 Å². The fourth-order valence-electron chi connectivity index (χ4n) is 4.49. The molecular weight excluding hydrogens is 256 g/mol. The predicted octanol–water partition coefficient (Wildman–Crippen LogP) is 1.65. The second kappa shape index (κ2) is 4.15. The number of aliphatic hydroxyl groups is 2. The molecule has 2 aliphatic carbocycles. The lowest BCUT2D eigenvalue weighted by atomic mass is 9.50. The molecule has 0 aromatic heterocycles. The van der Waals surface area contributed by atoms with Gasteiger partial charge in [0.15, 0.2) is 0 Å². The van der Waals surface area contributed by atoms with Crippen LogP contribution >= 0.6 is 0 Å². The van der Waals surface area contributed by atoms with Crippen LogP contribution in [0.3, 0.4) is 0 Å². The smallest absolute Gasteiger partial charge is 0.224 e. The molecule has 0 bridgehead atoms. The van der Waals surface area contributed by atoms with E-state index < -0.39 is 16.8 Å². The molecular formula is C16H24O4. The molecule has 0 aromatic carbocycles. The number of hydrogen-bond acceptors (Lipinski definition) is 4. The molecule has 20 heavy (non-hydrogen) atoms. The molecule has 1 saturated heterocycles. The van der Waals surface area contributed by atoms with Crippen molar-refractivity contribution in [3.8, 4) is 0 Å². The SMILES string of the molecule is C[C@H]1CC[C@H]2[C@@H](C=C[C@]3(O)CO[C@](C)(O)C(=O)[C@]23C)C1. The van der Waals surface area contributed by atoms with Gasteiger partial charge >= 0.3 is 0 Å². The molecule has 0 aromatic rings. The van der Waals surface area contributed by atoms with Crippen LogP contribution in [0, 0.1) is 23.2 Å². The molecule has 3 rings (SSSR count). The van der Waals surface area contributed by atoms with Gasteiger partial charge in [0.2, 0.25) is 11.6 Å². The number of ketones is 1. The van der Waals surface area contributed by atoms with E-state index in [0.717, 1.165) is 19.3 Å². The zero-order valence-corrected chi connectivity index (χ0v) is 12.4. The third kappa shape index (κ3) is 1.68. The van der Waals surface area contributed by atoms with E-state index in [1.807, 2.05) is 6.92 Å². The van der Waals surface area contributed by atoms with Gasteiger partial charge in [-0.3, -0.25) is 4.79 Å². The van der Waals surface area contributed by atoms with E-state index in [1.165, 1.54) is 6.92 Å². The Kier molecular flexibility index (Phi) is 2.96. The highest BCUT2D eigenvalue weighted by Gasteiger charge is 2.66. The number of ether oxygens (including phenoxy) is 1. The van der Waals surface area contributed by atoms with Crippen molar-refractivity contribution >= 4 is 5.78 Å². The van der Waals surface area contributed by atoms with Crippen LogP contribution in [0.4, 0.5) is 0 Å². The van der Waals surface area contributed by atoms with Crippen LogP contribution in [-0.2, 0) is 9.53 Å². The lowest BCUT2D eigenvalue weighted by Crippen LogP contribution is -2.70. The molecule has 2 fully saturated rings. The van der Waals surface area contributed by atoms with E-state index in [0.29, 0.717) is 11.8 Å². The second-order valence-corrected chi connectivity index (χ2v) is 7.27. The maximum absolute atomic E-state index is 12.8. The monoisotopic (exact) mass is 280 g/mol. The summed E-state index contributed by atoms with van der Waals surface area (Å²) in [5.74, 6) is -1.14. The molecule has 1 aliphatic heterocycles. The summed E-state index contributed by atoms with van der Waals surface area (Å²) in [4.78, 5) is 12.8. The van der Waals surface area contributed by atoms with Gasteiger partial charge in [0.25, 0.3) is 0 Å². The topological polar surface area (TPSA) is 66.8 Å². The fraction of sp³-hybridized carbons (Fsp3) is 0.812. The Bertz CT molecular complexity index is 469. The first kappa shape index (κ1) is 14.2. The maximum Gasteiger partial charge on any atom is 0.224 e. The van der Waals surface area contributed by atoms with Gasteiger partial charge in [0.1, 0.15) is 5.60 Å². The summed E-state index contributed by atoms with van der Waals surface area (Å²) in [5.41, 5.74) is -2.26. The van der Waals surface area contributed by atoms with E-state index in [2.05, 4.69) is 13.0 Å². The molecule has 0 radical (unpaired) electrons. The Morgan fingerprint density at radius 2 is 2.00 bits per heavy atom. The van der Waals surface area contributed by atoms with Crippen molar-refractivity contribution in [2.75, 3.05) is 6.61 Å². The number of carbonyl (C=O) groups is 1. The Hall–Kier alpha value is -0.710. The molecule has 6 atom stereocenters. The summed E-state index contributed by atoms with van der Waals surface area (Å²) in [6.45, 7) is 5.40. The van der Waals surface area contributed by atoms with Gasteiger partial charge in [-0.05, 0) is 44.4 Å². The Morgan fingerprint density at radius 3 is 2.70 bits per heavy atom. The average Bonchev–Trinajstić information content (AvgIpc) is 2.39. The van der Waals surface area contributed by atoms with Gasteiger partial charge in [-0.2, -0.15) is 0 Å². The molecule has 0 spiro atoms. The van der Waals surface area contributed by atoms with Crippen LogP contribution in [-0.4, -0.2) is 34.0 Å². The lowest BCUT2D eigenvalue weighted by Gasteiger charge is -2.58. The molecule has 3 aliphatic rings. The van der Waals surface area contributed by atoms with Crippen molar-refractivity contribution in [1.29, 1.82) is 0 Å². The average molecular weight is 280 g/mol. The Labute approximate surface area is 119 Å². The van der Waals surface area contributed by atoms with E-state index >= 15 is 0 Å². The number of allylic oxidation sites excluding steroid dienone is 1. The number of rotatable bonds is 0. The van der Waals surface area contributed by atoms with Crippen LogP contribution in [0.1, 0.15) is 40.0 Å². The summed E-state index contributed by atoms with van der Waals surface area (Å²) in [5, 5.41) is 21.1. The lowest BCUT2D eigenvalue weighted by molar-refractivity contribution is -0.270. The van der Waals surface area contributed by atoms with Gasteiger partial charge in [0, 0.05) is 0 Å². The molecule has 112 valence electrons. The second-order valence-electron chi connectivity index (χ2n) is 7.27. The number of Topliss-reactive ketones (excluding diaryl/α,β-unsaturated/α-hetero) is 1. The van der Waals surface area contributed by atoms with Crippen LogP contribution in [0.5, 0.6) is 0 Å². The minimum atomic E-state index is -1.79. The number of carbonyl (C=O) groups excluding carboxylic acids is 1. The first-order valence-corrected chi connectivity index (χ1v) is 7.54. The van der Waals surface area contributed by atoms with Crippen molar-refractivity contribution in [2.24, 2.45) is 23.2 Å². The summed E-state index contributed by atoms with van der Waals surface area (Å²) < 4.78 is 5.22. The van der Waals surface area contributed by atoms with Crippen molar-refractivity contribution in [3.63, 3.8) is 0 Å². The number of hydrogen-bond donors (Lipinski definition) is 2. The molecule has 4 heteroatoms. The van der Waals surface area contributed by atoms with Crippen LogP contribution in [0.25, 0.3) is 0 Å². The molecule has 0 amide bonds. The number of fused-ring (bicyclic) bond motifs is 3. The summed E-state index contributed by atoms with van der Waals surface area (Å²) in [7, 11) is 0. The zero-order valence-electron chi connectivity index (χ0n) is 12.4. The van der Waals surface area contributed by atoms with Crippen molar-refractivity contribution < 1.29 is 19.7 Å². The minimum absolute atomic E-state index is 0.0302. The summed E-state index contributed by atoms with van der Waals surface area (Å²) in [6.07, 6.45) is 6.81. The normalized spacial score (nSPS) is 55.2. The van der Waals surface area contributed by atoms with Crippen LogP contribution < -0.4 is 0 Å². The third-order valence-electron chi connectivity index (χ3n) is 5.89. The third-order valence-corrected chi connectivity index (χ3v) is 5.89. The minimum Gasteiger partial charge on any atom is -0.382 e. The van der Waals surface area contributed by atoms with E-state index in [-0.39, 0.29) is 18.3 Å². The zero-order chi connectivity index (χ0) is 14.8. The van der Waals surface area contributed by atoms with E-state index in [9.17, 15) is 15.0 Å². The molecule has 4 nitrogen and oxygen atoms in total. The first-order valence-electron chi connectivity index (χ1n) is 7.54. The van der Waals surface area contributed by atoms with Gasteiger partial charge in [-0.1, -0.05) is 25.5 Å². The summed E-state index contributed by atoms with van der Waals surface area (Å²) >= 11 is 0. The largest absolute Gasteiger partial charge is 0.382 e. The Morgan fingerprint density at radius 1 is 1.30 bits per heavy atom. The molecule has 2 N–H and O–H groups in total. The first-order chi connectivity index (χ1) is 9.21. The van der Waals surface area contributed by atoms with Crippen molar-refractivity contribution in [1.82, 2.24) is 0 Å². The van der Waals surface area contributed by atoms with Gasteiger partial charge < -0.3 is 14.9 Å². The van der Waals surface area contributed by atoms with Crippen molar-refractivity contribution in [2.45, 2.75) is 51.4 Å².